The van der Waals surface area contributed by atoms with Gasteiger partial charge >= 0.3 is 12.1 Å². The number of carboxylic acid groups (broad SMARTS) is 1. The Labute approximate surface area is 132 Å². The molecule has 0 unspecified atom stereocenters. The van der Waals surface area contributed by atoms with E-state index >= 15 is 0 Å². The van der Waals surface area contributed by atoms with Crippen LogP contribution in [0, 0.1) is 12.7 Å². The van der Waals surface area contributed by atoms with Crippen molar-refractivity contribution in [3.05, 3.63) is 40.8 Å². The summed E-state index contributed by atoms with van der Waals surface area (Å²) in [5.74, 6) is -4.03. The molecular weight excluding hydrogens is 336 g/mol. The van der Waals surface area contributed by atoms with E-state index in [0.29, 0.717) is 0 Å². The van der Waals surface area contributed by atoms with Crippen LogP contribution in [0.2, 0.25) is 0 Å². The van der Waals surface area contributed by atoms with Crippen LogP contribution < -0.4 is 9.47 Å². The number of carbonyl (C=O) groups is 1. The highest BCUT2D eigenvalue weighted by Crippen LogP contribution is 2.40. The van der Waals surface area contributed by atoms with E-state index in [9.17, 15) is 27.5 Å². The Morgan fingerprint density at radius 3 is 2.42 bits per heavy atom. The first kappa shape index (κ1) is 17.4. The molecule has 0 spiro atoms. The first-order valence-electron chi connectivity index (χ1n) is 6.34. The van der Waals surface area contributed by atoms with Crippen molar-refractivity contribution < 1.29 is 36.9 Å². The quantitative estimate of drug-likeness (QED) is 0.854. The lowest BCUT2D eigenvalue weighted by molar-refractivity contribution is -0.143. The SMILES string of the molecule is COc1c(C(F)(F)F)nnc(Oc2ccc(F)cc2C)c1C(=O)O. The third kappa shape index (κ3) is 3.36. The number of nitrogens with zero attached hydrogens (tertiary/aromatic N) is 2. The van der Waals surface area contributed by atoms with Crippen molar-refractivity contribution in [1.29, 1.82) is 0 Å². The maximum atomic E-state index is 13.1. The van der Waals surface area contributed by atoms with Gasteiger partial charge in [-0.25, -0.2) is 9.18 Å². The molecule has 0 aliphatic rings. The number of aromatic carboxylic acids is 1. The Hall–Kier alpha value is -2.91. The van der Waals surface area contributed by atoms with Crippen LogP contribution in [0.3, 0.4) is 0 Å². The highest BCUT2D eigenvalue weighted by molar-refractivity contribution is 5.93. The van der Waals surface area contributed by atoms with Crippen LogP contribution in [0.4, 0.5) is 17.6 Å². The first-order valence-corrected chi connectivity index (χ1v) is 6.34. The van der Waals surface area contributed by atoms with Crippen molar-refractivity contribution in [2.45, 2.75) is 13.1 Å². The topological polar surface area (TPSA) is 81.5 Å². The van der Waals surface area contributed by atoms with Crippen molar-refractivity contribution in [1.82, 2.24) is 10.2 Å². The van der Waals surface area contributed by atoms with Gasteiger partial charge < -0.3 is 14.6 Å². The summed E-state index contributed by atoms with van der Waals surface area (Å²) in [6.45, 7) is 1.47. The molecule has 6 nitrogen and oxygen atoms in total. The summed E-state index contributed by atoms with van der Waals surface area (Å²) in [4.78, 5) is 11.4. The predicted octanol–water partition coefficient (Wildman–Crippen LogP) is 3.44. The van der Waals surface area contributed by atoms with Gasteiger partial charge in [-0.05, 0) is 30.7 Å². The smallest absolute Gasteiger partial charge is 0.438 e. The molecule has 0 bridgehead atoms. The number of hydrogen-bond donors (Lipinski definition) is 1. The lowest BCUT2D eigenvalue weighted by atomic mass is 10.2. The third-order valence-corrected chi connectivity index (χ3v) is 2.93. The molecular formula is C14H10F4N2O4. The van der Waals surface area contributed by atoms with E-state index in [1.54, 1.807) is 0 Å². The summed E-state index contributed by atoms with van der Waals surface area (Å²) in [6.07, 6.45) is -4.97. The number of benzene rings is 1. The standard InChI is InChI=1S/C14H10F4N2O4/c1-6-5-7(15)3-4-8(6)24-12-9(13(21)22)10(23-2)11(19-20-12)14(16,17)18/h3-5H,1-2H3,(H,21,22). The van der Waals surface area contributed by atoms with Crippen molar-refractivity contribution >= 4 is 5.97 Å². The van der Waals surface area contributed by atoms with Crippen LogP contribution in [-0.2, 0) is 6.18 Å². The minimum Gasteiger partial charge on any atom is -0.493 e. The van der Waals surface area contributed by atoms with Crippen molar-refractivity contribution in [2.75, 3.05) is 7.11 Å². The van der Waals surface area contributed by atoms with Crippen LogP contribution in [0.1, 0.15) is 21.6 Å². The molecule has 0 aliphatic heterocycles. The molecule has 1 aromatic carbocycles. The van der Waals surface area contributed by atoms with Crippen molar-refractivity contribution in [2.24, 2.45) is 0 Å². The van der Waals surface area contributed by atoms with E-state index in [2.05, 4.69) is 14.9 Å². The number of carboxylic acids is 1. The first-order chi connectivity index (χ1) is 11.1. The molecule has 0 fully saturated rings. The number of methoxy groups -OCH3 is 1. The Bertz CT molecular complexity index is 793. The van der Waals surface area contributed by atoms with E-state index < -0.39 is 40.8 Å². The Morgan fingerprint density at radius 2 is 1.92 bits per heavy atom. The van der Waals surface area contributed by atoms with E-state index in [1.807, 2.05) is 0 Å². The lowest BCUT2D eigenvalue weighted by Crippen LogP contribution is -2.16. The highest BCUT2D eigenvalue weighted by Gasteiger charge is 2.41. The van der Waals surface area contributed by atoms with E-state index in [0.717, 1.165) is 19.2 Å². The summed E-state index contributed by atoms with van der Waals surface area (Å²) in [6, 6.07) is 3.32. The Kier molecular flexibility index (Phi) is 4.58. The van der Waals surface area contributed by atoms with Gasteiger partial charge in [-0.15, -0.1) is 10.2 Å². The van der Waals surface area contributed by atoms with Gasteiger partial charge in [-0.3, -0.25) is 0 Å². The normalized spacial score (nSPS) is 11.2. The molecule has 1 aromatic heterocycles. The number of aryl methyl sites for hydroxylation is 1. The molecule has 1 heterocycles. The second kappa shape index (κ2) is 6.30. The fourth-order valence-corrected chi connectivity index (χ4v) is 1.88. The average molecular weight is 346 g/mol. The molecule has 0 amide bonds. The predicted molar refractivity (Wildman–Crippen MR) is 71.8 cm³/mol. The van der Waals surface area contributed by atoms with Crippen LogP contribution in [-0.4, -0.2) is 28.4 Å². The van der Waals surface area contributed by atoms with Crippen molar-refractivity contribution in [3.8, 4) is 17.4 Å². The highest BCUT2D eigenvalue weighted by atomic mass is 19.4. The molecule has 0 saturated heterocycles. The van der Waals surface area contributed by atoms with E-state index in [-0.39, 0.29) is 11.3 Å². The Balaban J connectivity index is 2.60. The summed E-state index contributed by atoms with van der Waals surface area (Å²) in [7, 11) is 0.867. The molecule has 0 saturated carbocycles. The Morgan fingerprint density at radius 1 is 1.25 bits per heavy atom. The molecule has 10 heteroatoms. The van der Waals surface area contributed by atoms with Gasteiger partial charge in [-0.2, -0.15) is 13.2 Å². The summed E-state index contributed by atoms with van der Waals surface area (Å²) in [5.41, 5.74) is -2.25. The summed E-state index contributed by atoms with van der Waals surface area (Å²) >= 11 is 0. The lowest BCUT2D eigenvalue weighted by Gasteiger charge is -2.15. The average Bonchev–Trinajstić information content (AvgIpc) is 2.47. The number of alkyl halides is 3. The van der Waals surface area contributed by atoms with Gasteiger partial charge in [-0.1, -0.05) is 0 Å². The molecule has 128 valence electrons. The number of halogens is 4. The number of hydrogen-bond acceptors (Lipinski definition) is 5. The zero-order valence-corrected chi connectivity index (χ0v) is 12.3. The number of ether oxygens (including phenoxy) is 2. The van der Waals surface area contributed by atoms with Gasteiger partial charge in [0.25, 0.3) is 5.88 Å². The summed E-state index contributed by atoms with van der Waals surface area (Å²) < 4.78 is 61.5. The molecule has 1 N–H and O–H groups in total. The third-order valence-electron chi connectivity index (χ3n) is 2.93. The summed E-state index contributed by atoms with van der Waals surface area (Å²) in [5, 5.41) is 15.3. The largest absolute Gasteiger partial charge is 0.493 e. The van der Waals surface area contributed by atoms with Gasteiger partial charge in [0.2, 0.25) is 5.69 Å². The van der Waals surface area contributed by atoms with Gasteiger partial charge in [0.1, 0.15) is 11.6 Å². The van der Waals surface area contributed by atoms with Crippen LogP contribution in [0.15, 0.2) is 18.2 Å². The van der Waals surface area contributed by atoms with Crippen LogP contribution >= 0.6 is 0 Å². The minimum absolute atomic E-state index is 0.00927. The van der Waals surface area contributed by atoms with Crippen molar-refractivity contribution in [3.63, 3.8) is 0 Å². The second-order valence-corrected chi connectivity index (χ2v) is 4.58. The van der Waals surface area contributed by atoms with Gasteiger partial charge in [0.15, 0.2) is 11.3 Å². The molecule has 0 radical (unpaired) electrons. The maximum absolute atomic E-state index is 13.1. The van der Waals surface area contributed by atoms with E-state index in [4.69, 9.17) is 4.74 Å². The second-order valence-electron chi connectivity index (χ2n) is 4.58. The van der Waals surface area contributed by atoms with E-state index in [1.165, 1.54) is 13.0 Å². The zero-order chi connectivity index (χ0) is 18.1. The van der Waals surface area contributed by atoms with Crippen LogP contribution in [0.5, 0.6) is 17.4 Å². The molecule has 2 rings (SSSR count). The fraction of sp³-hybridized carbons (Fsp3) is 0.214. The maximum Gasteiger partial charge on any atom is 0.438 e. The van der Waals surface area contributed by atoms with Crippen LogP contribution in [0.25, 0.3) is 0 Å². The van der Waals surface area contributed by atoms with Gasteiger partial charge in [0.05, 0.1) is 7.11 Å². The molecule has 2 aromatic rings. The number of aromatic nitrogens is 2. The number of rotatable bonds is 4. The minimum atomic E-state index is -4.97. The zero-order valence-electron chi connectivity index (χ0n) is 12.3. The fourth-order valence-electron chi connectivity index (χ4n) is 1.88. The molecule has 0 atom stereocenters. The van der Waals surface area contributed by atoms with Gasteiger partial charge in [0, 0.05) is 0 Å². The molecule has 0 aliphatic carbocycles. The molecule has 24 heavy (non-hydrogen) atoms. The monoisotopic (exact) mass is 346 g/mol.